The first-order valence-corrected chi connectivity index (χ1v) is 16.9. The zero-order chi connectivity index (χ0) is 32.3. The Labute approximate surface area is 269 Å². The molecule has 0 bridgehead atoms. The first-order chi connectivity index (χ1) is 21.9. The van der Waals surface area contributed by atoms with Gasteiger partial charge in [0, 0.05) is 12.0 Å². The molecule has 0 atom stereocenters. The first kappa shape index (κ1) is 35.9. The van der Waals surface area contributed by atoms with Crippen molar-refractivity contribution in [1.29, 1.82) is 0 Å². The van der Waals surface area contributed by atoms with Crippen molar-refractivity contribution < 1.29 is 33.3 Å². The fraction of sp³-hybridized carbons (Fsp3) is 0.553. The Balaban J connectivity index is 1.27. The van der Waals surface area contributed by atoms with Gasteiger partial charge < -0.3 is 18.9 Å². The zero-order valence-electron chi connectivity index (χ0n) is 27.4. The number of hydrogen-bond acceptors (Lipinski definition) is 7. The molecule has 246 valence electrons. The van der Waals surface area contributed by atoms with Crippen LogP contribution in [0.4, 0.5) is 0 Å². The minimum atomic E-state index is -0.425. The van der Waals surface area contributed by atoms with E-state index in [1.54, 1.807) is 19.1 Å². The standard InChI is InChI=1S/C38H52O7/c1-4-14-30-18-20-31(21-19-30)32-22-24-33(25-23-32)45-38(41)34-15-9-10-16-35(34)42-26-11-5-6-12-27-43-36(39)17-8-7-13-28-44-37(40)29(2)3/h9-10,15-16,22-25,30-31H,2,4-8,11-14,17-21,26-28H2,1,3H3/t30-,31-. The molecule has 0 aromatic heterocycles. The fourth-order valence-corrected chi connectivity index (χ4v) is 5.76. The van der Waals surface area contributed by atoms with Gasteiger partial charge in [-0.15, -0.1) is 0 Å². The van der Waals surface area contributed by atoms with Crippen molar-refractivity contribution >= 4 is 17.9 Å². The first-order valence-electron chi connectivity index (χ1n) is 16.9. The summed E-state index contributed by atoms with van der Waals surface area (Å²) in [4.78, 5) is 36.2. The van der Waals surface area contributed by atoms with Gasteiger partial charge in [0.05, 0.1) is 19.8 Å². The minimum Gasteiger partial charge on any atom is -0.493 e. The van der Waals surface area contributed by atoms with Crippen LogP contribution in [0.25, 0.3) is 0 Å². The van der Waals surface area contributed by atoms with E-state index >= 15 is 0 Å². The SMILES string of the molecule is C=C(C)C(=O)OCCCCCC(=O)OCCCCCCOc1ccccc1C(=O)Oc1ccc([C@H]2CC[C@H](CCC)CC2)cc1. The fourth-order valence-electron chi connectivity index (χ4n) is 5.76. The van der Waals surface area contributed by atoms with Gasteiger partial charge in [0.1, 0.15) is 17.1 Å². The molecule has 2 aromatic carbocycles. The summed E-state index contributed by atoms with van der Waals surface area (Å²) in [6, 6.07) is 15.2. The maximum absolute atomic E-state index is 13.0. The summed E-state index contributed by atoms with van der Waals surface area (Å²) < 4.78 is 22.0. The van der Waals surface area contributed by atoms with E-state index in [2.05, 4.69) is 25.6 Å². The number of rotatable bonds is 20. The molecule has 1 aliphatic carbocycles. The van der Waals surface area contributed by atoms with Crippen LogP contribution in [-0.4, -0.2) is 37.7 Å². The molecule has 1 aliphatic rings. The van der Waals surface area contributed by atoms with E-state index in [0.717, 1.165) is 38.0 Å². The van der Waals surface area contributed by atoms with Crippen LogP contribution in [0.1, 0.15) is 126 Å². The monoisotopic (exact) mass is 620 g/mol. The van der Waals surface area contributed by atoms with Crippen molar-refractivity contribution in [3.05, 3.63) is 71.8 Å². The highest BCUT2D eigenvalue weighted by Crippen LogP contribution is 2.38. The molecule has 0 unspecified atom stereocenters. The largest absolute Gasteiger partial charge is 0.493 e. The van der Waals surface area contributed by atoms with Crippen molar-refractivity contribution in [3.8, 4) is 11.5 Å². The van der Waals surface area contributed by atoms with Crippen LogP contribution in [0.2, 0.25) is 0 Å². The molecule has 1 fully saturated rings. The van der Waals surface area contributed by atoms with Gasteiger partial charge >= 0.3 is 17.9 Å². The van der Waals surface area contributed by atoms with Gasteiger partial charge in [-0.3, -0.25) is 4.79 Å². The number of esters is 3. The summed E-state index contributed by atoms with van der Waals surface area (Å²) in [6.45, 7) is 8.66. The lowest BCUT2D eigenvalue weighted by molar-refractivity contribution is -0.144. The van der Waals surface area contributed by atoms with E-state index in [1.807, 2.05) is 24.3 Å². The Hall–Kier alpha value is -3.61. The lowest BCUT2D eigenvalue weighted by Crippen LogP contribution is -2.13. The number of carbonyl (C=O) groups excluding carboxylic acids is 3. The van der Waals surface area contributed by atoms with Crippen LogP contribution in [-0.2, 0) is 19.1 Å². The molecule has 3 rings (SSSR count). The lowest BCUT2D eigenvalue weighted by Gasteiger charge is -2.28. The molecule has 0 saturated heterocycles. The van der Waals surface area contributed by atoms with Crippen LogP contribution < -0.4 is 9.47 Å². The molecule has 7 heteroatoms. The molecule has 0 N–H and O–H groups in total. The molecule has 7 nitrogen and oxygen atoms in total. The topological polar surface area (TPSA) is 88.1 Å². The Morgan fingerprint density at radius 3 is 2.11 bits per heavy atom. The van der Waals surface area contributed by atoms with Crippen molar-refractivity contribution in [3.63, 3.8) is 0 Å². The van der Waals surface area contributed by atoms with Gasteiger partial charge in [-0.1, -0.05) is 50.6 Å². The summed E-state index contributed by atoms with van der Waals surface area (Å²) in [5.41, 5.74) is 2.13. The van der Waals surface area contributed by atoms with E-state index in [-0.39, 0.29) is 11.9 Å². The Kier molecular flexibility index (Phi) is 16.3. The number of carbonyl (C=O) groups is 3. The normalized spacial score (nSPS) is 16.0. The van der Waals surface area contributed by atoms with E-state index in [9.17, 15) is 14.4 Å². The summed E-state index contributed by atoms with van der Waals surface area (Å²) in [5.74, 6) is 1.55. The molecule has 0 radical (unpaired) electrons. The smallest absolute Gasteiger partial charge is 0.347 e. The van der Waals surface area contributed by atoms with Crippen molar-refractivity contribution in [2.45, 2.75) is 110 Å². The van der Waals surface area contributed by atoms with Gasteiger partial charge in [-0.2, -0.15) is 0 Å². The Morgan fingerprint density at radius 1 is 0.778 bits per heavy atom. The molecule has 0 heterocycles. The van der Waals surface area contributed by atoms with Crippen molar-refractivity contribution in [1.82, 2.24) is 0 Å². The molecule has 1 saturated carbocycles. The predicted molar refractivity (Wildman–Crippen MR) is 177 cm³/mol. The highest BCUT2D eigenvalue weighted by molar-refractivity contribution is 5.94. The third-order valence-electron chi connectivity index (χ3n) is 8.38. The van der Waals surface area contributed by atoms with Crippen molar-refractivity contribution in [2.24, 2.45) is 5.92 Å². The van der Waals surface area contributed by atoms with Crippen molar-refractivity contribution in [2.75, 3.05) is 19.8 Å². The predicted octanol–water partition coefficient (Wildman–Crippen LogP) is 9.14. The average Bonchev–Trinajstić information content (AvgIpc) is 3.04. The second-order valence-electron chi connectivity index (χ2n) is 12.2. The summed E-state index contributed by atoms with van der Waals surface area (Å²) >= 11 is 0. The average molecular weight is 621 g/mol. The Morgan fingerprint density at radius 2 is 1.42 bits per heavy atom. The highest BCUT2D eigenvalue weighted by atomic mass is 16.5. The zero-order valence-corrected chi connectivity index (χ0v) is 27.4. The molecule has 0 aliphatic heterocycles. The van der Waals surface area contributed by atoms with Gasteiger partial charge in [-0.05, 0) is 119 Å². The van der Waals surface area contributed by atoms with Crippen LogP contribution >= 0.6 is 0 Å². The maximum Gasteiger partial charge on any atom is 0.347 e. The third-order valence-corrected chi connectivity index (χ3v) is 8.38. The maximum atomic E-state index is 13.0. The van der Waals surface area contributed by atoms with E-state index < -0.39 is 5.97 Å². The minimum absolute atomic E-state index is 0.193. The molecule has 45 heavy (non-hydrogen) atoms. The third kappa shape index (κ3) is 13.5. The lowest BCUT2D eigenvalue weighted by atomic mass is 9.77. The number of para-hydroxylation sites is 1. The van der Waals surface area contributed by atoms with Gasteiger partial charge in [0.25, 0.3) is 0 Å². The second-order valence-corrected chi connectivity index (χ2v) is 12.2. The highest BCUT2D eigenvalue weighted by Gasteiger charge is 2.22. The molecular formula is C38H52O7. The number of hydrogen-bond donors (Lipinski definition) is 0. The summed E-state index contributed by atoms with van der Waals surface area (Å²) in [5, 5.41) is 0. The quantitative estimate of drug-likeness (QED) is 0.0631. The second kappa shape index (κ2) is 20.4. The number of benzene rings is 2. The molecule has 0 spiro atoms. The Bertz CT molecular complexity index is 1190. The molecular weight excluding hydrogens is 568 g/mol. The molecule has 2 aromatic rings. The van der Waals surface area contributed by atoms with E-state index in [1.165, 1.54) is 44.1 Å². The van der Waals surface area contributed by atoms with E-state index in [4.69, 9.17) is 18.9 Å². The molecule has 0 amide bonds. The summed E-state index contributed by atoms with van der Waals surface area (Å²) in [6.07, 6.45) is 13.8. The van der Waals surface area contributed by atoms with Gasteiger partial charge in [0.15, 0.2) is 0 Å². The van der Waals surface area contributed by atoms with Crippen LogP contribution in [0.15, 0.2) is 60.7 Å². The van der Waals surface area contributed by atoms with Gasteiger partial charge in [0.2, 0.25) is 0 Å². The van der Waals surface area contributed by atoms with Crippen LogP contribution in [0.5, 0.6) is 11.5 Å². The van der Waals surface area contributed by atoms with E-state index in [0.29, 0.717) is 67.6 Å². The van der Waals surface area contributed by atoms with Crippen LogP contribution in [0.3, 0.4) is 0 Å². The summed E-state index contributed by atoms with van der Waals surface area (Å²) in [7, 11) is 0. The van der Waals surface area contributed by atoms with Crippen LogP contribution in [0, 0.1) is 5.92 Å². The van der Waals surface area contributed by atoms with Gasteiger partial charge in [-0.25, -0.2) is 9.59 Å². The number of unbranched alkanes of at least 4 members (excludes halogenated alkanes) is 5. The number of ether oxygens (including phenoxy) is 4.